The number of hydrogen-bond acceptors (Lipinski definition) is 3. The molecule has 21 heavy (non-hydrogen) atoms. The zero-order chi connectivity index (χ0) is 14.1. The monoisotopic (exact) mass is 281 g/mol. The Labute approximate surface area is 126 Å². The minimum atomic E-state index is 0.693. The zero-order valence-electron chi connectivity index (χ0n) is 12.5. The van der Waals surface area contributed by atoms with E-state index in [0.717, 1.165) is 18.1 Å². The topological polar surface area (TPSA) is 28.2 Å². The quantitative estimate of drug-likeness (QED) is 0.913. The molecule has 1 atom stereocenters. The van der Waals surface area contributed by atoms with Gasteiger partial charge in [-0.15, -0.1) is 0 Å². The molecule has 1 aliphatic heterocycles. The highest BCUT2D eigenvalue weighted by molar-refractivity contribution is 5.81. The van der Waals surface area contributed by atoms with E-state index < -0.39 is 0 Å². The lowest BCUT2D eigenvalue weighted by molar-refractivity contribution is 0.232. The number of pyridine rings is 1. The van der Waals surface area contributed by atoms with Crippen molar-refractivity contribution in [3.05, 3.63) is 42.1 Å². The van der Waals surface area contributed by atoms with Crippen LogP contribution in [0.3, 0.4) is 0 Å². The van der Waals surface area contributed by atoms with Gasteiger partial charge in [-0.1, -0.05) is 18.2 Å². The first-order chi connectivity index (χ1) is 10.4. The minimum Gasteiger partial charge on any atom is -0.313 e. The van der Waals surface area contributed by atoms with Crippen molar-refractivity contribution >= 4 is 10.9 Å². The van der Waals surface area contributed by atoms with Crippen molar-refractivity contribution < 1.29 is 0 Å². The molecule has 0 bridgehead atoms. The van der Waals surface area contributed by atoms with Crippen LogP contribution in [0.25, 0.3) is 10.9 Å². The van der Waals surface area contributed by atoms with Crippen LogP contribution in [0.1, 0.15) is 31.2 Å². The summed E-state index contributed by atoms with van der Waals surface area (Å²) in [6, 6.07) is 12.2. The first-order valence-electron chi connectivity index (χ1n) is 8.20. The third kappa shape index (κ3) is 2.94. The normalized spacial score (nSPS) is 22.2. The number of rotatable bonds is 5. The maximum Gasteiger partial charge on any atom is 0.0705 e. The molecule has 0 radical (unpaired) electrons. The van der Waals surface area contributed by atoms with Gasteiger partial charge in [0.1, 0.15) is 0 Å². The molecule has 1 unspecified atom stereocenters. The van der Waals surface area contributed by atoms with Crippen LogP contribution >= 0.6 is 0 Å². The summed E-state index contributed by atoms with van der Waals surface area (Å²) in [7, 11) is 0. The molecule has 1 N–H and O–H groups in total. The van der Waals surface area contributed by atoms with Crippen LogP contribution in [0.5, 0.6) is 0 Å². The van der Waals surface area contributed by atoms with Gasteiger partial charge in [0, 0.05) is 36.8 Å². The van der Waals surface area contributed by atoms with Crippen LogP contribution in [-0.4, -0.2) is 35.1 Å². The Kier molecular flexibility index (Phi) is 3.62. The lowest BCUT2D eigenvalue weighted by atomic mass is 10.1. The lowest BCUT2D eigenvalue weighted by Gasteiger charge is -2.26. The van der Waals surface area contributed by atoms with Crippen LogP contribution in [0.2, 0.25) is 0 Å². The van der Waals surface area contributed by atoms with E-state index in [0.29, 0.717) is 6.04 Å². The molecule has 1 aromatic heterocycles. The van der Waals surface area contributed by atoms with E-state index in [1.165, 1.54) is 49.7 Å². The Hall–Kier alpha value is -1.45. The van der Waals surface area contributed by atoms with Gasteiger partial charge in [0.2, 0.25) is 0 Å². The van der Waals surface area contributed by atoms with Crippen molar-refractivity contribution in [2.45, 2.75) is 44.3 Å². The van der Waals surface area contributed by atoms with Crippen LogP contribution in [0, 0.1) is 0 Å². The molecular weight excluding hydrogens is 258 g/mol. The smallest absolute Gasteiger partial charge is 0.0705 e. The van der Waals surface area contributed by atoms with Gasteiger partial charge in [-0.25, -0.2) is 0 Å². The number of para-hydroxylation sites is 1. The highest BCUT2D eigenvalue weighted by atomic mass is 15.2. The Morgan fingerprint density at radius 1 is 1.14 bits per heavy atom. The zero-order valence-corrected chi connectivity index (χ0v) is 12.5. The van der Waals surface area contributed by atoms with E-state index in [9.17, 15) is 0 Å². The average Bonchev–Trinajstić information content (AvgIpc) is 3.25. The molecule has 0 amide bonds. The largest absolute Gasteiger partial charge is 0.313 e. The SMILES string of the molecule is c1ccc2c(CN(CC3CCCN3)C3CC3)ccnc2c1. The predicted molar refractivity (Wildman–Crippen MR) is 86.2 cm³/mol. The van der Waals surface area contributed by atoms with Crippen LogP contribution in [0.15, 0.2) is 36.5 Å². The van der Waals surface area contributed by atoms with E-state index in [1.807, 2.05) is 6.20 Å². The molecule has 1 saturated carbocycles. The van der Waals surface area contributed by atoms with E-state index in [1.54, 1.807) is 0 Å². The molecule has 110 valence electrons. The molecule has 2 aromatic rings. The Morgan fingerprint density at radius 2 is 2.05 bits per heavy atom. The maximum atomic E-state index is 4.48. The second-order valence-electron chi connectivity index (χ2n) is 6.44. The van der Waals surface area contributed by atoms with Gasteiger partial charge in [-0.2, -0.15) is 0 Å². The van der Waals surface area contributed by atoms with Crippen molar-refractivity contribution in [3.63, 3.8) is 0 Å². The van der Waals surface area contributed by atoms with Crippen molar-refractivity contribution in [3.8, 4) is 0 Å². The van der Waals surface area contributed by atoms with Crippen LogP contribution in [-0.2, 0) is 6.54 Å². The van der Waals surface area contributed by atoms with Gasteiger partial charge < -0.3 is 5.32 Å². The van der Waals surface area contributed by atoms with Gasteiger partial charge in [-0.05, 0) is 49.9 Å². The molecular formula is C18H23N3. The number of hydrogen-bond donors (Lipinski definition) is 1. The highest BCUT2D eigenvalue weighted by Gasteiger charge is 2.31. The van der Waals surface area contributed by atoms with Gasteiger partial charge in [-0.3, -0.25) is 9.88 Å². The minimum absolute atomic E-state index is 0.693. The Morgan fingerprint density at radius 3 is 2.86 bits per heavy atom. The van der Waals surface area contributed by atoms with Gasteiger partial charge >= 0.3 is 0 Å². The second kappa shape index (κ2) is 5.74. The first kappa shape index (κ1) is 13.2. The summed E-state index contributed by atoms with van der Waals surface area (Å²) in [5.41, 5.74) is 2.54. The average molecular weight is 281 g/mol. The van der Waals surface area contributed by atoms with Gasteiger partial charge in [0.05, 0.1) is 5.52 Å². The van der Waals surface area contributed by atoms with Crippen molar-refractivity contribution in [1.82, 2.24) is 15.2 Å². The number of benzene rings is 1. The maximum absolute atomic E-state index is 4.48. The standard InChI is InChI=1S/C18H23N3/c1-2-6-18-17(5-1)14(9-11-20-18)12-21(16-7-8-16)13-15-4-3-10-19-15/h1-2,5-6,9,11,15-16,19H,3-4,7-8,10,12-13H2. The molecule has 4 rings (SSSR count). The second-order valence-corrected chi connectivity index (χ2v) is 6.44. The van der Waals surface area contributed by atoms with E-state index in [4.69, 9.17) is 0 Å². The summed E-state index contributed by atoms with van der Waals surface area (Å²) in [5.74, 6) is 0. The molecule has 2 heterocycles. The fraction of sp³-hybridized carbons (Fsp3) is 0.500. The molecule has 3 nitrogen and oxygen atoms in total. The molecule has 0 spiro atoms. The molecule has 1 aromatic carbocycles. The summed E-state index contributed by atoms with van der Waals surface area (Å²) in [6.45, 7) is 3.45. The van der Waals surface area contributed by atoms with Crippen molar-refractivity contribution in [2.24, 2.45) is 0 Å². The van der Waals surface area contributed by atoms with E-state index >= 15 is 0 Å². The summed E-state index contributed by atoms with van der Waals surface area (Å²) in [4.78, 5) is 7.17. The molecule has 3 heteroatoms. The summed E-state index contributed by atoms with van der Waals surface area (Å²) >= 11 is 0. The van der Waals surface area contributed by atoms with Crippen LogP contribution < -0.4 is 5.32 Å². The number of nitrogens with zero attached hydrogens (tertiary/aromatic N) is 2. The Bertz CT molecular complexity index is 609. The van der Waals surface area contributed by atoms with E-state index in [-0.39, 0.29) is 0 Å². The lowest BCUT2D eigenvalue weighted by Crippen LogP contribution is -2.38. The predicted octanol–water partition coefficient (Wildman–Crippen LogP) is 2.95. The fourth-order valence-electron chi connectivity index (χ4n) is 3.49. The van der Waals surface area contributed by atoms with Crippen LogP contribution in [0.4, 0.5) is 0 Å². The summed E-state index contributed by atoms with van der Waals surface area (Å²) in [6.07, 6.45) is 7.36. The molecule has 1 saturated heterocycles. The molecule has 2 fully saturated rings. The molecule has 2 aliphatic rings. The number of nitrogens with one attached hydrogen (secondary N) is 1. The Balaban J connectivity index is 1.56. The van der Waals surface area contributed by atoms with Crippen molar-refractivity contribution in [1.29, 1.82) is 0 Å². The summed E-state index contributed by atoms with van der Waals surface area (Å²) in [5, 5.41) is 4.95. The molecule has 1 aliphatic carbocycles. The third-order valence-electron chi connectivity index (χ3n) is 4.79. The van der Waals surface area contributed by atoms with Crippen molar-refractivity contribution in [2.75, 3.05) is 13.1 Å². The van der Waals surface area contributed by atoms with E-state index in [2.05, 4.69) is 45.5 Å². The van der Waals surface area contributed by atoms with Gasteiger partial charge in [0.25, 0.3) is 0 Å². The third-order valence-corrected chi connectivity index (χ3v) is 4.79. The highest BCUT2D eigenvalue weighted by Crippen LogP contribution is 2.30. The number of aromatic nitrogens is 1. The summed E-state index contributed by atoms with van der Waals surface area (Å²) < 4.78 is 0. The number of fused-ring (bicyclic) bond motifs is 1. The fourth-order valence-corrected chi connectivity index (χ4v) is 3.49. The first-order valence-corrected chi connectivity index (χ1v) is 8.20. The van der Waals surface area contributed by atoms with Gasteiger partial charge in [0.15, 0.2) is 0 Å².